The van der Waals surface area contributed by atoms with Gasteiger partial charge in [-0.1, -0.05) is 26.0 Å². The lowest BCUT2D eigenvalue weighted by Gasteiger charge is -2.21. The van der Waals surface area contributed by atoms with Crippen LogP contribution in [0.2, 0.25) is 0 Å². The van der Waals surface area contributed by atoms with Gasteiger partial charge in [0.25, 0.3) is 11.1 Å². The van der Waals surface area contributed by atoms with E-state index in [9.17, 15) is 23.6 Å². The van der Waals surface area contributed by atoms with Crippen molar-refractivity contribution >= 4 is 40.8 Å². The Balaban J connectivity index is 1.94. The van der Waals surface area contributed by atoms with Crippen LogP contribution in [0, 0.1) is 11.7 Å². The van der Waals surface area contributed by atoms with E-state index in [1.165, 1.54) is 37.3 Å². The number of amides is 4. The number of imide groups is 1. The number of hydrogen-bond acceptors (Lipinski definition) is 5. The minimum Gasteiger partial charge on any atom is -0.353 e. The summed E-state index contributed by atoms with van der Waals surface area (Å²) < 4.78 is 13.0. The summed E-state index contributed by atoms with van der Waals surface area (Å²) in [4.78, 5) is 49.3. The minimum absolute atomic E-state index is 0.0159. The zero-order valence-electron chi connectivity index (χ0n) is 15.8. The van der Waals surface area contributed by atoms with Crippen molar-refractivity contribution < 1.29 is 23.6 Å². The van der Waals surface area contributed by atoms with Gasteiger partial charge in [0.2, 0.25) is 11.8 Å². The molecule has 2 rings (SSSR count). The third-order valence-corrected chi connectivity index (χ3v) is 4.89. The molecular formula is C19H22FN3O4S. The molecule has 1 aromatic rings. The van der Waals surface area contributed by atoms with Crippen molar-refractivity contribution in [2.75, 3.05) is 13.1 Å². The maximum Gasteiger partial charge on any atom is 0.293 e. The van der Waals surface area contributed by atoms with Crippen molar-refractivity contribution in [1.82, 2.24) is 15.5 Å². The molecule has 1 saturated heterocycles. The molecule has 1 aliphatic rings. The number of nitrogens with one attached hydrogen (secondary N) is 2. The first kappa shape index (κ1) is 21.6. The van der Waals surface area contributed by atoms with Crippen LogP contribution in [-0.2, 0) is 14.4 Å². The van der Waals surface area contributed by atoms with Crippen LogP contribution in [0.15, 0.2) is 29.2 Å². The van der Waals surface area contributed by atoms with Gasteiger partial charge in [0.05, 0.1) is 4.91 Å². The molecule has 7 nitrogen and oxygen atoms in total. The topological polar surface area (TPSA) is 95.6 Å². The van der Waals surface area contributed by atoms with E-state index in [0.29, 0.717) is 5.56 Å². The predicted molar refractivity (Wildman–Crippen MR) is 105 cm³/mol. The summed E-state index contributed by atoms with van der Waals surface area (Å²) in [6.45, 7) is 5.02. The summed E-state index contributed by atoms with van der Waals surface area (Å²) in [5.74, 6) is -1.65. The highest BCUT2D eigenvalue weighted by atomic mass is 32.2. The normalized spacial score (nSPS) is 16.6. The molecule has 1 aromatic carbocycles. The Hall–Kier alpha value is -2.68. The zero-order chi connectivity index (χ0) is 20.8. The molecule has 2 N–H and O–H groups in total. The summed E-state index contributed by atoms with van der Waals surface area (Å²) in [7, 11) is 0. The van der Waals surface area contributed by atoms with Crippen LogP contribution < -0.4 is 10.6 Å². The van der Waals surface area contributed by atoms with Crippen LogP contribution in [-0.4, -0.2) is 47.0 Å². The van der Waals surface area contributed by atoms with Gasteiger partial charge < -0.3 is 10.6 Å². The number of halogens is 1. The second kappa shape index (κ2) is 9.50. The van der Waals surface area contributed by atoms with Crippen LogP contribution >= 0.6 is 11.8 Å². The van der Waals surface area contributed by atoms with E-state index in [1.807, 2.05) is 0 Å². The van der Waals surface area contributed by atoms with Gasteiger partial charge in [-0.15, -0.1) is 0 Å². The highest BCUT2D eigenvalue weighted by Crippen LogP contribution is 2.31. The van der Waals surface area contributed by atoms with Crippen LogP contribution in [0.5, 0.6) is 0 Å². The van der Waals surface area contributed by atoms with Crippen molar-refractivity contribution in [1.29, 1.82) is 0 Å². The molecule has 0 radical (unpaired) electrons. The Morgan fingerprint density at radius 3 is 2.43 bits per heavy atom. The molecule has 0 aliphatic carbocycles. The van der Waals surface area contributed by atoms with Gasteiger partial charge in [0.15, 0.2) is 0 Å². The molecule has 1 aliphatic heterocycles. The van der Waals surface area contributed by atoms with Gasteiger partial charge in [-0.2, -0.15) is 0 Å². The molecule has 0 saturated carbocycles. The lowest BCUT2D eigenvalue weighted by Crippen LogP contribution is -2.50. The molecule has 28 heavy (non-hydrogen) atoms. The molecular weight excluding hydrogens is 385 g/mol. The summed E-state index contributed by atoms with van der Waals surface area (Å²) in [5.41, 5.74) is 0.607. The summed E-state index contributed by atoms with van der Waals surface area (Å²) in [6, 6.07) is 4.87. The highest BCUT2D eigenvalue weighted by Gasteiger charge is 2.34. The second-order valence-corrected chi connectivity index (χ2v) is 7.59. The Morgan fingerprint density at radius 2 is 1.86 bits per heavy atom. The summed E-state index contributed by atoms with van der Waals surface area (Å²) >= 11 is 0.794. The fraction of sp³-hybridized carbons (Fsp3) is 0.368. The fourth-order valence-corrected chi connectivity index (χ4v) is 3.42. The first-order valence-corrected chi connectivity index (χ1v) is 9.56. The number of nitrogens with zero attached hydrogens (tertiary/aromatic N) is 1. The van der Waals surface area contributed by atoms with Crippen molar-refractivity contribution in [2.45, 2.75) is 26.8 Å². The number of thioether (sulfide) groups is 1. The number of benzene rings is 1. The Morgan fingerprint density at radius 1 is 1.21 bits per heavy atom. The lowest BCUT2D eigenvalue weighted by molar-refractivity contribution is -0.129. The largest absolute Gasteiger partial charge is 0.353 e. The number of hydrogen-bond donors (Lipinski definition) is 2. The Labute approximate surface area is 166 Å². The van der Waals surface area contributed by atoms with E-state index >= 15 is 0 Å². The minimum atomic E-state index is -0.689. The molecule has 4 amide bonds. The Bertz CT molecular complexity index is 808. The van der Waals surface area contributed by atoms with Crippen molar-refractivity contribution in [3.8, 4) is 0 Å². The molecule has 0 spiro atoms. The van der Waals surface area contributed by atoms with Gasteiger partial charge in [-0.05, 0) is 41.5 Å². The van der Waals surface area contributed by atoms with E-state index in [1.54, 1.807) is 13.8 Å². The van der Waals surface area contributed by atoms with Gasteiger partial charge in [-0.25, -0.2) is 4.39 Å². The first-order valence-electron chi connectivity index (χ1n) is 8.74. The predicted octanol–water partition coefficient (Wildman–Crippen LogP) is 2.14. The second-order valence-electron chi connectivity index (χ2n) is 6.60. The van der Waals surface area contributed by atoms with E-state index in [0.717, 1.165) is 16.7 Å². The monoisotopic (exact) mass is 407 g/mol. The van der Waals surface area contributed by atoms with Gasteiger partial charge >= 0.3 is 0 Å². The van der Waals surface area contributed by atoms with Gasteiger partial charge in [0, 0.05) is 20.0 Å². The highest BCUT2D eigenvalue weighted by molar-refractivity contribution is 8.18. The molecule has 9 heteroatoms. The summed E-state index contributed by atoms with van der Waals surface area (Å²) in [5, 5.41) is 4.78. The zero-order valence-corrected chi connectivity index (χ0v) is 16.6. The van der Waals surface area contributed by atoms with E-state index < -0.39 is 17.2 Å². The van der Waals surface area contributed by atoms with E-state index in [2.05, 4.69) is 10.6 Å². The third-order valence-electron chi connectivity index (χ3n) is 3.98. The number of rotatable bonds is 7. The molecule has 1 fully saturated rings. The van der Waals surface area contributed by atoms with Crippen LogP contribution in [0.1, 0.15) is 26.3 Å². The lowest BCUT2D eigenvalue weighted by atomic mass is 10.0. The Kier molecular flexibility index (Phi) is 7.33. The van der Waals surface area contributed by atoms with Gasteiger partial charge in [0.1, 0.15) is 11.9 Å². The van der Waals surface area contributed by atoms with Crippen LogP contribution in [0.3, 0.4) is 0 Å². The smallest absolute Gasteiger partial charge is 0.293 e. The fourth-order valence-electron chi connectivity index (χ4n) is 2.56. The van der Waals surface area contributed by atoms with E-state index in [4.69, 9.17) is 0 Å². The average Bonchev–Trinajstić information content (AvgIpc) is 2.88. The SMILES string of the molecule is CC(=O)NC(C(=O)NCCN1C(=O)S/C(=C/c2ccc(F)cc2)C1=O)C(C)C. The standard InChI is InChI=1S/C19H22FN3O4S/c1-11(2)16(22-12(3)24)17(25)21-8-9-23-18(26)15(28-19(23)27)10-13-4-6-14(20)7-5-13/h4-7,10-11,16H,8-9H2,1-3H3,(H,21,25)(H,22,24)/b15-10+. The van der Waals surface area contributed by atoms with Crippen LogP contribution in [0.4, 0.5) is 9.18 Å². The first-order chi connectivity index (χ1) is 13.2. The number of carbonyl (C=O) groups is 4. The maximum absolute atomic E-state index is 13.0. The summed E-state index contributed by atoms with van der Waals surface area (Å²) in [6.07, 6.45) is 1.52. The molecule has 1 atom stereocenters. The number of carbonyl (C=O) groups excluding carboxylic acids is 4. The van der Waals surface area contributed by atoms with Crippen molar-refractivity contribution in [3.05, 3.63) is 40.6 Å². The molecule has 0 aromatic heterocycles. The van der Waals surface area contributed by atoms with Gasteiger partial charge in [-0.3, -0.25) is 24.1 Å². The average molecular weight is 407 g/mol. The van der Waals surface area contributed by atoms with Crippen LogP contribution in [0.25, 0.3) is 6.08 Å². The molecule has 1 heterocycles. The van der Waals surface area contributed by atoms with Crippen molar-refractivity contribution in [2.24, 2.45) is 5.92 Å². The quantitative estimate of drug-likeness (QED) is 0.675. The molecule has 150 valence electrons. The maximum atomic E-state index is 13.0. The molecule has 0 bridgehead atoms. The molecule has 1 unspecified atom stereocenters. The van der Waals surface area contributed by atoms with E-state index in [-0.39, 0.29) is 41.5 Å². The van der Waals surface area contributed by atoms with Crippen molar-refractivity contribution in [3.63, 3.8) is 0 Å². The third kappa shape index (κ3) is 5.66.